The summed E-state index contributed by atoms with van der Waals surface area (Å²) < 4.78 is 0. The van der Waals surface area contributed by atoms with Crippen LogP contribution in [-0.2, 0) is 11.2 Å². The molecule has 0 spiro atoms. The molecule has 1 aliphatic carbocycles. The molecular weight excluding hydrogens is 354 g/mol. The van der Waals surface area contributed by atoms with Crippen LogP contribution >= 0.6 is 0 Å². The highest BCUT2D eigenvalue weighted by Gasteiger charge is 2.32. The summed E-state index contributed by atoms with van der Waals surface area (Å²) in [5, 5.41) is 8.15. The Morgan fingerprint density at radius 3 is 2.61 bits per heavy atom. The zero-order valence-electron chi connectivity index (χ0n) is 15.6. The van der Waals surface area contributed by atoms with Crippen molar-refractivity contribution in [2.45, 2.75) is 25.2 Å². The van der Waals surface area contributed by atoms with Crippen LogP contribution in [0, 0.1) is 0 Å². The topological polar surface area (TPSA) is 85.1 Å². The van der Waals surface area contributed by atoms with E-state index in [9.17, 15) is 9.59 Å². The molecular formula is C21H23N5O2. The highest BCUT2D eigenvalue weighted by atomic mass is 16.2. The third-order valence-electron chi connectivity index (χ3n) is 5.82. The van der Waals surface area contributed by atoms with Crippen LogP contribution in [0.2, 0.25) is 0 Å². The van der Waals surface area contributed by atoms with Crippen molar-refractivity contribution >= 4 is 22.7 Å². The predicted octanol–water partition coefficient (Wildman–Crippen LogP) is 2.30. The van der Waals surface area contributed by atoms with Gasteiger partial charge in [-0.05, 0) is 24.5 Å². The molecule has 7 nitrogen and oxygen atoms in total. The summed E-state index contributed by atoms with van der Waals surface area (Å²) in [7, 11) is 0. The highest BCUT2D eigenvalue weighted by molar-refractivity contribution is 5.95. The smallest absolute Gasteiger partial charge is 0.257 e. The zero-order chi connectivity index (χ0) is 19.1. The number of carbonyl (C=O) groups is 2. The summed E-state index contributed by atoms with van der Waals surface area (Å²) in [5.74, 6) is 0.596. The minimum absolute atomic E-state index is 0.0272. The summed E-state index contributed by atoms with van der Waals surface area (Å²) in [6, 6.07) is 8.02. The number of aromatic nitrogens is 3. The standard InChI is InChI=1S/C21H23N5O2/c27-19(11-15-12-22-18-4-2-1-3-16(15)18)25-7-9-26(10-8-25)21(28)17-13-23-24-20(17)14-5-6-14/h1-4,12-14,22H,5-11H2,(H,23,24). The van der Waals surface area contributed by atoms with Crippen LogP contribution in [0.4, 0.5) is 0 Å². The second-order valence-corrected chi connectivity index (χ2v) is 7.68. The molecule has 0 unspecified atom stereocenters. The molecule has 144 valence electrons. The van der Waals surface area contributed by atoms with E-state index in [4.69, 9.17) is 0 Å². The van der Waals surface area contributed by atoms with E-state index in [0.717, 1.165) is 35.0 Å². The van der Waals surface area contributed by atoms with Crippen molar-refractivity contribution in [3.63, 3.8) is 0 Å². The van der Waals surface area contributed by atoms with E-state index in [2.05, 4.69) is 15.2 Å². The van der Waals surface area contributed by atoms with Gasteiger partial charge < -0.3 is 14.8 Å². The maximum Gasteiger partial charge on any atom is 0.257 e. The number of fused-ring (bicyclic) bond motifs is 1. The van der Waals surface area contributed by atoms with E-state index < -0.39 is 0 Å². The normalized spacial score (nSPS) is 17.3. The van der Waals surface area contributed by atoms with Crippen molar-refractivity contribution in [3.8, 4) is 0 Å². The maximum absolute atomic E-state index is 12.9. The molecule has 3 aromatic rings. The number of amides is 2. The molecule has 1 saturated carbocycles. The van der Waals surface area contributed by atoms with Gasteiger partial charge in [0.1, 0.15) is 0 Å². The Bertz CT molecular complexity index is 1020. The van der Waals surface area contributed by atoms with Gasteiger partial charge in [0.15, 0.2) is 0 Å². The molecule has 1 aromatic carbocycles. The second kappa shape index (κ2) is 6.82. The number of piperazine rings is 1. The van der Waals surface area contributed by atoms with E-state index in [1.54, 1.807) is 6.20 Å². The van der Waals surface area contributed by atoms with Crippen molar-refractivity contribution in [3.05, 3.63) is 53.5 Å². The number of H-pyrrole nitrogens is 2. The van der Waals surface area contributed by atoms with Gasteiger partial charge in [0, 0.05) is 49.2 Å². The van der Waals surface area contributed by atoms with Crippen LogP contribution < -0.4 is 0 Å². The van der Waals surface area contributed by atoms with Crippen LogP contribution in [0.25, 0.3) is 10.9 Å². The van der Waals surface area contributed by atoms with E-state index in [1.807, 2.05) is 40.3 Å². The van der Waals surface area contributed by atoms with Crippen LogP contribution in [-0.4, -0.2) is 63.0 Å². The second-order valence-electron chi connectivity index (χ2n) is 7.68. The minimum atomic E-state index is 0.0272. The molecule has 1 aliphatic heterocycles. The summed E-state index contributed by atoms with van der Waals surface area (Å²) >= 11 is 0. The lowest BCUT2D eigenvalue weighted by molar-refractivity contribution is -0.131. The van der Waals surface area contributed by atoms with Gasteiger partial charge in [-0.3, -0.25) is 14.7 Å². The van der Waals surface area contributed by atoms with Gasteiger partial charge in [-0.25, -0.2) is 0 Å². The minimum Gasteiger partial charge on any atom is -0.361 e. The first kappa shape index (κ1) is 17.0. The van der Waals surface area contributed by atoms with Crippen LogP contribution in [0.5, 0.6) is 0 Å². The number of benzene rings is 1. The molecule has 2 aromatic heterocycles. The molecule has 5 rings (SSSR count). The van der Waals surface area contributed by atoms with Gasteiger partial charge >= 0.3 is 0 Å². The maximum atomic E-state index is 12.9. The molecule has 2 amide bonds. The highest BCUT2D eigenvalue weighted by Crippen LogP contribution is 2.40. The van der Waals surface area contributed by atoms with Crippen molar-refractivity contribution in [2.24, 2.45) is 0 Å². The fourth-order valence-electron chi connectivity index (χ4n) is 4.03. The van der Waals surface area contributed by atoms with Crippen LogP contribution in [0.3, 0.4) is 0 Å². The zero-order valence-corrected chi connectivity index (χ0v) is 15.6. The molecule has 0 bridgehead atoms. The Morgan fingerprint density at radius 1 is 1.07 bits per heavy atom. The largest absolute Gasteiger partial charge is 0.361 e. The van der Waals surface area contributed by atoms with Crippen molar-refractivity contribution < 1.29 is 9.59 Å². The van der Waals surface area contributed by atoms with Crippen LogP contribution in [0.1, 0.15) is 40.4 Å². The SMILES string of the molecule is O=C(Cc1c[nH]c2ccccc12)N1CCN(C(=O)c2cn[nH]c2C2CC2)CC1. The quantitative estimate of drug-likeness (QED) is 0.732. The molecule has 7 heteroatoms. The molecule has 1 saturated heterocycles. The fourth-order valence-corrected chi connectivity index (χ4v) is 4.03. The molecule has 28 heavy (non-hydrogen) atoms. The van der Waals surface area contributed by atoms with Crippen molar-refractivity contribution in [1.82, 2.24) is 25.0 Å². The Kier molecular flexibility index (Phi) is 4.15. The summed E-state index contributed by atoms with van der Waals surface area (Å²) in [5.41, 5.74) is 3.74. The number of nitrogens with one attached hydrogen (secondary N) is 2. The van der Waals surface area contributed by atoms with Crippen LogP contribution in [0.15, 0.2) is 36.7 Å². The molecule has 2 aliphatic rings. The monoisotopic (exact) mass is 377 g/mol. The van der Waals surface area contributed by atoms with Gasteiger partial charge in [-0.15, -0.1) is 0 Å². The lowest BCUT2D eigenvalue weighted by Gasteiger charge is -2.34. The van der Waals surface area contributed by atoms with Gasteiger partial charge in [-0.2, -0.15) is 5.10 Å². The van der Waals surface area contributed by atoms with Crippen molar-refractivity contribution in [1.29, 1.82) is 0 Å². The van der Waals surface area contributed by atoms with Gasteiger partial charge in [0.25, 0.3) is 5.91 Å². The number of hydrogen-bond donors (Lipinski definition) is 2. The Labute approximate surface area is 162 Å². The first-order valence-corrected chi connectivity index (χ1v) is 9.86. The van der Waals surface area contributed by atoms with E-state index in [0.29, 0.717) is 44.1 Å². The number of aromatic amines is 2. The van der Waals surface area contributed by atoms with Gasteiger partial charge in [0.2, 0.25) is 5.91 Å². The Hall–Kier alpha value is -3.09. The molecule has 0 radical (unpaired) electrons. The molecule has 2 N–H and O–H groups in total. The molecule has 3 heterocycles. The number of rotatable bonds is 4. The average molecular weight is 377 g/mol. The fraction of sp³-hybridized carbons (Fsp3) is 0.381. The number of hydrogen-bond acceptors (Lipinski definition) is 3. The summed E-state index contributed by atoms with van der Waals surface area (Å²) in [6.07, 6.45) is 6.19. The number of carbonyl (C=O) groups excluding carboxylic acids is 2. The third-order valence-corrected chi connectivity index (χ3v) is 5.82. The van der Waals surface area contributed by atoms with E-state index in [-0.39, 0.29) is 11.8 Å². The van der Waals surface area contributed by atoms with Gasteiger partial charge in [0.05, 0.1) is 23.9 Å². The average Bonchev–Trinajstić information content (AvgIpc) is 3.32. The summed E-state index contributed by atoms with van der Waals surface area (Å²) in [6.45, 7) is 2.27. The van der Waals surface area contributed by atoms with Crippen molar-refractivity contribution in [2.75, 3.05) is 26.2 Å². The van der Waals surface area contributed by atoms with E-state index >= 15 is 0 Å². The predicted molar refractivity (Wildman–Crippen MR) is 105 cm³/mol. The first-order valence-electron chi connectivity index (χ1n) is 9.86. The Morgan fingerprint density at radius 2 is 1.82 bits per heavy atom. The lowest BCUT2D eigenvalue weighted by atomic mass is 10.1. The molecule has 0 atom stereocenters. The number of para-hydroxylation sites is 1. The Balaban J connectivity index is 1.21. The summed E-state index contributed by atoms with van der Waals surface area (Å²) in [4.78, 5) is 32.5. The number of nitrogens with zero attached hydrogens (tertiary/aromatic N) is 3. The lowest BCUT2D eigenvalue weighted by Crippen LogP contribution is -2.51. The molecule has 2 fully saturated rings. The van der Waals surface area contributed by atoms with Gasteiger partial charge in [-0.1, -0.05) is 18.2 Å². The first-order chi connectivity index (χ1) is 13.7. The van der Waals surface area contributed by atoms with E-state index in [1.165, 1.54) is 0 Å². The third kappa shape index (κ3) is 3.06.